The molecule has 0 amide bonds. The Bertz CT molecular complexity index is 1360. The smallest absolute Gasteiger partial charge is 0.191 e. The first-order chi connectivity index (χ1) is 18.8. The van der Waals surface area contributed by atoms with Gasteiger partial charge in [0.05, 0.1) is 25.4 Å². The predicted octanol–water partition coefficient (Wildman–Crippen LogP) is 3.81. The lowest BCUT2D eigenvalue weighted by Gasteiger charge is -2.23. The Morgan fingerprint density at radius 3 is 2.77 bits per heavy atom. The Morgan fingerprint density at radius 2 is 2.00 bits per heavy atom. The average Bonchev–Trinajstić information content (AvgIpc) is 3.24. The predicted molar refractivity (Wildman–Crippen MR) is 140 cm³/mol. The Balaban J connectivity index is 1.31. The third-order valence-corrected chi connectivity index (χ3v) is 8.40. The molecular weight excluding hydrogens is 530 g/mol. The number of hydrogen-bond acceptors (Lipinski definition) is 10. The van der Waals surface area contributed by atoms with Gasteiger partial charge in [0, 0.05) is 24.1 Å². The summed E-state index contributed by atoms with van der Waals surface area (Å²) in [6.45, 7) is 5.96. The number of nitrogens with one attached hydrogen (secondary N) is 1. The van der Waals surface area contributed by atoms with Gasteiger partial charge in [-0.3, -0.25) is 0 Å². The summed E-state index contributed by atoms with van der Waals surface area (Å²) in [5.74, 6) is -1.03. The summed E-state index contributed by atoms with van der Waals surface area (Å²) in [6, 6.07) is 3.80. The number of fused-ring (bicyclic) bond motifs is 2. The molecule has 2 aliphatic carbocycles. The molecule has 39 heavy (non-hydrogen) atoms. The molecule has 210 valence electrons. The Kier molecular flexibility index (Phi) is 7.21. The summed E-state index contributed by atoms with van der Waals surface area (Å²) in [5.41, 5.74) is 1.85. The molecule has 10 nitrogen and oxygen atoms in total. The number of aromatic nitrogens is 5. The van der Waals surface area contributed by atoms with Crippen LogP contribution in [0.5, 0.6) is 0 Å². The molecule has 2 N–H and O–H groups in total. The molecule has 0 unspecified atom stereocenters. The molecule has 1 aromatic carbocycles. The zero-order valence-corrected chi connectivity index (χ0v) is 22.8. The standard InChI is InChI=1S/C26H32F2N6O4S/c1-4-9-39-25-30-23(29-17-11-14(17)13-5-6-15(27)16(28)10-13)20-24(31-25)34(33-32-20)18-12-19(36-8-7-35)22-21(18)37-26(2,3)38-22/h5-6,10,14,17-19,21-22,35H,4,7-9,11-12H2,1-3H3,(H,29,30,31)/t14-,17+,18+,19-,21-,22+/m0/s1. The second-order valence-electron chi connectivity index (χ2n) is 10.7. The van der Waals surface area contributed by atoms with Crippen molar-refractivity contribution in [1.29, 1.82) is 0 Å². The number of nitrogens with zero attached hydrogens (tertiary/aromatic N) is 5. The molecule has 13 heteroatoms. The van der Waals surface area contributed by atoms with Crippen molar-refractivity contribution in [2.45, 2.75) is 87.3 Å². The highest BCUT2D eigenvalue weighted by Crippen LogP contribution is 2.46. The van der Waals surface area contributed by atoms with Gasteiger partial charge in [-0.15, -0.1) is 5.10 Å². The fraction of sp³-hybridized carbons (Fsp3) is 0.615. The molecule has 3 fully saturated rings. The van der Waals surface area contributed by atoms with E-state index in [1.165, 1.54) is 6.07 Å². The average molecular weight is 563 g/mol. The first kappa shape index (κ1) is 26.8. The molecule has 0 bridgehead atoms. The number of aliphatic hydroxyl groups is 1. The van der Waals surface area contributed by atoms with Crippen molar-refractivity contribution < 1.29 is 28.1 Å². The van der Waals surface area contributed by atoms with E-state index in [0.29, 0.717) is 28.6 Å². The molecule has 2 aromatic heterocycles. The summed E-state index contributed by atoms with van der Waals surface area (Å²) in [5, 5.41) is 22.3. The van der Waals surface area contributed by atoms with Crippen LogP contribution in [-0.4, -0.2) is 79.2 Å². The number of thioether (sulfide) groups is 1. The van der Waals surface area contributed by atoms with Gasteiger partial charge in [-0.05, 0) is 44.4 Å². The van der Waals surface area contributed by atoms with Crippen LogP contribution in [0, 0.1) is 11.6 Å². The SMILES string of the molecule is CCCSc1nc(N[C@@H]2C[C@H]2c2ccc(F)c(F)c2)c2nnn([C@@H]3C[C@H](OCCO)[C@H]4OC(C)(C)O[C@H]43)c2n1. The van der Waals surface area contributed by atoms with E-state index >= 15 is 0 Å². The zero-order chi connectivity index (χ0) is 27.3. The summed E-state index contributed by atoms with van der Waals surface area (Å²) in [4.78, 5) is 9.57. The fourth-order valence-electron chi connectivity index (χ4n) is 5.55. The van der Waals surface area contributed by atoms with Gasteiger partial charge in [0.25, 0.3) is 0 Å². The lowest BCUT2D eigenvalue weighted by molar-refractivity contribution is -0.171. The number of anilines is 1. The Morgan fingerprint density at radius 1 is 1.18 bits per heavy atom. The molecule has 3 aliphatic rings. The van der Waals surface area contributed by atoms with Crippen LogP contribution in [0.25, 0.3) is 11.2 Å². The maximum atomic E-state index is 13.8. The number of halogens is 2. The van der Waals surface area contributed by atoms with Gasteiger partial charge < -0.3 is 24.6 Å². The van der Waals surface area contributed by atoms with Crippen LogP contribution < -0.4 is 5.32 Å². The van der Waals surface area contributed by atoms with Gasteiger partial charge in [0.15, 0.2) is 39.6 Å². The van der Waals surface area contributed by atoms with E-state index in [2.05, 4.69) is 22.6 Å². The van der Waals surface area contributed by atoms with Crippen molar-refractivity contribution in [3.63, 3.8) is 0 Å². The third kappa shape index (κ3) is 5.22. The van der Waals surface area contributed by atoms with Gasteiger partial charge in [0.1, 0.15) is 12.2 Å². The molecular formula is C26H32F2N6O4S. The normalized spacial score (nSPS) is 29.2. The van der Waals surface area contributed by atoms with Gasteiger partial charge >= 0.3 is 0 Å². The van der Waals surface area contributed by atoms with Crippen LogP contribution in [0.4, 0.5) is 14.6 Å². The van der Waals surface area contributed by atoms with Crippen molar-refractivity contribution >= 4 is 28.7 Å². The maximum Gasteiger partial charge on any atom is 0.191 e. The molecule has 3 aromatic rings. The van der Waals surface area contributed by atoms with E-state index in [4.69, 9.17) is 24.2 Å². The van der Waals surface area contributed by atoms with Crippen molar-refractivity contribution in [3.8, 4) is 0 Å². The molecule has 0 radical (unpaired) electrons. The largest absolute Gasteiger partial charge is 0.394 e. The summed E-state index contributed by atoms with van der Waals surface area (Å²) >= 11 is 1.55. The lowest BCUT2D eigenvalue weighted by atomic mass is 10.1. The Labute approximate surface area is 228 Å². The van der Waals surface area contributed by atoms with E-state index in [1.54, 1.807) is 22.5 Å². The van der Waals surface area contributed by atoms with Gasteiger partial charge in [0.2, 0.25) is 0 Å². The van der Waals surface area contributed by atoms with E-state index < -0.39 is 17.4 Å². The van der Waals surface area contributed by atoms with Crippen molar-refractivity contribution in [1.82, 2.24) is 25.0 Å². The molecule has 1 saturated heterocycles. The van der Waals surface area contributed by atoms with Gasteiger partial charge in [-0.25, -0.2) is 23.4 Å². The molecule has 3 heterocycles. The van der Waals surface area contributed by atoms with Crippen molar-refractivity contribution in [2.75, 3.05) is 24.3 Å². The monoisotopic (exact) mass is 562 g/mol. The van der Waals surface area contributed by atoms with Crippen LogP contribution in [0.15, 0.2) is 23.4 Å². The van der Waals surface area contributed by atoms with Crippen LogP contribution in [0.3, 0.4) is 0 Å². The topological polar surface area (TPSA) is 116 Å². The number of benzene rings is 1. The number of ether oxygens (including phenoxy) is 3. The van der Waals surface area contributed by atoms with E-state index in [0.717, 1.165) is 30.2 Å². The van der Waals surface area contributed by atoms with E-state index in [9.17, 15) is 13.9 Å². The molecule has 1 aliphatic heterocycles. The van der Waals surface area contributed by atoms with Crippen molar-refractivity contribution in [3.05, 3.63) is 35.4 Å². The van der Waals surface area contributed by atoms with E-state index in [1.807, 2.05) is 13.8 Å². The Hall–Kier alpha value is -2.45. The third-order valence-electron chi connectivity index (χ3n) is 7.34. The highest BCUT2D eigenvalue weighted by atomic mass is 32.2. The van der Waals surface area contributed by atoms with Gasteiger partial charge in [-0.1, -0.05) is 30.0 Å². The second-order valence-corrected chi connectivity index (χ2v) is 11.7. The first-order valence-electron chi connectivity index (χ1n) is 13.3. The van der Waals surface area contributed by atoms with Crippen LogP contribution in [0.1, 0.15) is 57.6 Å². The van der Waals surface area contributed by atoms with Gasteiger partial charge in [-0.2, -0.15) is 0 Å². The molecule has 6 rings (SSSR count). The summed E-state index contributed by atoms with van der Waals surface area (Å²) in [7, 11) is 0. The number of rotatable bonds is 10. The van der Waals surface area contributed by atoms with Crippen LogP contribution in [-0.2, 0) is 14.2 Å². The minimum Gasteiger partial charge on any atom is -0.394 e. The van der Waals surface area contributed by atoms with Crippen LogP contribution >= 0.6 is 11.8 Å². The first-order valence-corrected chi connectivity index (χ1v) is 14.3. The maximum absolute atomic E-state index is 13.8. The minimum absolute atomic E-state index is 0.00150. The summed E-state index contributed by atoms with van der Waals surface area (Å²) in [6.07, 6.45) is 1.38. The van der Waals surface area contributed by atoms with E-state index in [-0.39, 0.29) is 49.5 Å². The molecule has 6 atom stereocenters. The highest BCUT2D eigenvalue weighted by Gasteiger charge is 2.56. The lowest BCUT2D eigenvalue weighted by Crippen LogP contribution is -2.31. The van der Waals surface area contributed by atoms with Crippen molar-refractivity contribution in [2.24, 2.45) is 0 Å². The van der Waals surface area contributed by atoms with Crippen LogP contribution in [0.2, 0.25) is 0 Å². The summed E-state index contributed by atoms with van der Waals surface area (Å²) < 4.78 is 47.4. The molecule has 2 saturated carbocycles. The highest BCUT2D eigenvalue weighted by molar-refractivity contribution is 7.99. The quantitative estimate of drug-likeness (QED) is 0.279. The zero-order valence-electron chi connectivity index (χ0n) is 22.0. The molecule has 0 spiro atoms. The minimum atomic E-state index is -0.853. The number of aliphatic hydroxyl groups excluding tert-OH is 1. The second kappa shape index (κ2) is 10.5. The fourth-order valence-corrected chi connectivity index (χ4v) is 6.24. The number of hydrogen-bond donors (Lipinski definition) is 2.